The quantitative estimate of drug-likeness (QED) is 0.810. The maximum atomic E-state index is 4.57. The van der Waals surface area contributed by atoms with E-state index < -0.39 is 0 Å². The number of nitrogens with zero attached hydrogens (tertiary/aromatic N) is 2. The fraction of sp³-hybridized carbons (Fsp3) is 0.714. The largest absolute Gasteiger partial charge is 0.316 e. The lowest BCUT2D eigenvalue weighted by atomic mass is 9.85. The predicted octanol–water partition coefficient (Wildman–Crippen LogP) is 2.20. The van der Waals surface area contributed by atoms with Gasteiger partial charge in [0.2, 0.25) is 0 Å². The Kier molecular flexibility index (Phi) is 4.11. The van der Waals surface area contributed by atoms with Crippen molar-refractivity contribution in [3.63, 3.8) is 0 Å². The third-order valence-corrected chi connectivity index (χ3v) is 3.55. The van der Waals surface area contributed by atoms with Crippen LogP contribution in [0.1, 0.15) is 42.5 Å². The molecule has 94 valence electrons. The molecular formula is C14H23N3. The monoisotopic (exact) mass is 233 g/mol. The van der Waals surface area contributed by atoms with Crippen LogP contribution in [0.5, 0.6) is 0 Å². The minimum atomic E-state index is 0.763. The fourth-order valence-corrected chi connectivity index (χ4v) is 2.67. The summed E-state index contributed by atoms with van der Waals surface area (Å²) in [5.74, 6) is 1.68. The molecule has 3 heteroatoms. The van der Waals surface area contributed by atoms with Gasteiger partial charge in [0, 0.05) is 11.4 Å². The average Bonchev–Trinajstić information content (AvgIpc) is 2.30. The van der Waals surface area contributed by atoms with Crippen molar-refractivity contribution >= 4 is 0 Å². The molecule has 1 aromatic heterocycles. The van der Waals surface area contributed by atoms with E-state index in [0.29, 0.717) is 0 Å². The topological polar surface area (TPSA) is 37.8 Å². The molecule has 0 amide bonds. The first-order valence-electron chi connectivity index (χ1n) is 6.74. The molecule has 0 bridgehead atoms. The summed E-state index contributed by atoms with van der Waals surface area (Å²) in [4.78, 5) is 9.06. The van der Waals surface area contributed by atoms with Crippen molar-refractivity contribution in [3.8, 4) is 0 Å². The van der Waals surface area contributed by atoms with Gasteiger partial charge in [-0.1, -0.05) is 6.92 Å². The maximum absolute atomic E-state index is 4.57. The molecule has 0 spiro atoms. The van der Waals surface area contributed by atoms with Crippen molar-refractivity contribution in [2.75, 3.05) is 13.1 Å². The van der Waals surface area contributed by atoms with E-state index in [4.69, 9.17) is 0 Å². The van der Waals surface area contributed by atoms with Crippen LogP contribution in [0.2, 0.25) is 0 Å². The lowest BCUT2D eigenvalue weighted by Gasteiger charge is -2.25. The van der Waals surface area contributed by atoms with Gasteiger partial charge in [-0.2, -0.15) is 0 Å². The highest BCUT2D eigenvalue weighted by molar-refractivity contribution is 5.28. The summed E-state index contributed by atoms with van der Waals surface area (Å²) >= 11 is 0. The Balaban J connectivity index is 2.03. The summed E-state index contributed by atoms with van der Waals surface area (Å²) in [5, 5.41) is 3.53. The zero-order valence-corrected chi connectivity index (χ0v) is 11.2. The van der Waals surface area contributed by atoms with E-state index >= 15 is 0 Å². The van der Waals surface area contributed by atoms with Crippen LogP contribution < -0.4 is 5.32 Å². The molecule has 17 heavy (non-hydrogen) atoms. The van der Waals surface area contributed by atoms with Crippen LogP contribution in [0.15, 0.2) is 0 Å². The van der Waals surface area contributed by atoms with E-state index in [2.05, 4.69) is 29.1 Å². The molecule has 1 unspecified atom stereocenters. The van der Waals surface area contributed by atoms with Gasteiger partial charge in [0.05, 0.1) is 0 Å². The van der Waals surface area contributed by atoms with Crippen LogP contribution in [-0.4, -0.2) is 23.1 Å². The lowest BCUT2D eigenvalue weighted by Crippen LogP contribution is -2.29. The van der Waals surface area contributed by atoms with Crippen LogP contribution in [-0.2, 0) is 12.8 Å². The zero-order chi connectivity index (χ0) is 12.3. The van der Waals surface area contributed by atoms with Gasteiger partial charge < -0.3 is 5.32 Å². The van der Waals surface area contributed by atoms with Gasteiger partial charge in [-0.25, -0.2) is 9.97 Å². The number of aryl methyl sites for hydroxylation is 3. The normalized spacial score (nSPS) is 19.1. The number of fused-ring (bicyclic) bond motifs is 1. The Hall–Kier alpha value is -0.960. The smallest absolute Gasteiger partial charge is 0.125 e. The third-order valence-electron chi connectivity index (χ3n) is 3.55. The highest BCUT2D eigenvalue weighted by atomic mass is 14.9. The first-order valence-corrected chi connectivity index (χ1v) is 6.74. The molecule has 1 aliphatic rings. The molecule has 1 aliphatic carbocycles. The van der Waals surface area contributed by atoms with E-state index in [1.807, 2.05) is 6.92 Å². The highest BCUT2D eigenvalue weighted by Crippen LogP contribution is 2.25. The van der Waals surface area contributed by atoms with Gasteiger partial charge in [0.25, 0.3) is 0 Å². The van der Waals surface area contributed by atoms with Crippen molar-refractivity contribution in [1.29, 1.82) is 0 Å². The SMILES string of the molecule is CCCNCC1CCc2nc(C)nc(C)c2C1. The standard InChI is InChI=1S/C14H23N3/c1-4-7-15-9-12-5-6-14-13(8-12)10(2)16-11(3)17-14/h12,15H,4-9H2,1-3H3. The average molecular weight is 233 g/mol. The van der Waals surface area contributed by atoms with Crippen LogP contribution in [0.4, 0.5) is 0 Å². The molecule has 0 fully saturated rings. The molecule has 1 aromatic rings. The van der Waals surface area contributed by atoms with Crippen molar-refractivity contribution in [1.82, 2.24) is 15.3 Å². The van der Waals surface area contributed by atoms with Crippen molar-refractivity contribution < 1.29 is 0 Å². The van der Waals surface area contributed by atoms with Crippen LogP contribution in [0.25, 0.3) is 0 Å². The molecular weight excluding hydrogens is 210 g/mol. The highest BCUT2D eigenvalue weighted by Gasteiger charge is 2.21. The summed E-state index contributed by atoms with van der Waals surface area (Å²) < 4.78 is 0. The number of rotatable bonds is 4. The van der Waals surface area contributed by atoms with E-state index in [-0.39, 0.29) is 0 Å². The molecule has 1 heterocycles. The third kappa shape index (κ3) is 3.03. The second-order valence-corrected chi connectivity index (χ2v) is 5.09. The second kappa shape index (κ2) is 5.58. The number of hydrogen-bond donors (Lipinski definition) is 1. The summed E-state index contributed by atoms with van der Waals surface area (Å²) in [5.41, 5.74) is 3.89. The number of nitrogens with one attached hydrogen (secondary N) is 1. The Morgan fingerprint density at radius 1 is 1.29 bits per heavy atom. The molecule has 0 aromatic carbocycles. The minimum Gasteiger partial charge on any atom is -0.316 e. The molecule has 3 nitrogen and oxygen atoms in total. The zero-order valence-electron chi connectivity index (χ0n) is 11.2. The Labute approximate surface area is 104 Å². The summed E-state index contributed by atoms with van der Waals surface area (Å²) in [6, 6.07) is 0. The van der Waals surface area contributed by atoms with Gasteiger partial charge >= 0.3 is 0 Å². The predicted molar refractivity (Wildman–Crippen MR) is 70.2 cm³/mol. The number of hydrogen-bond acceptors (Lipinski definition) is 3. The first-order chi connectivity index (χ1) is 8.20. The lowest BCUT2D eigenvalue weighted by molar-refractivity contribution is 0.418. The molecule has 0 aliphatic heterocycles. The summed E-state index contributed by atoms with van der Waals surface area (Å²) in [6.07, 6.45) is 4.75. The van der Waals surface area contributed by atoms with Crippen LogP contribution in [0, 0.1) is 19.8 Å². The number of aromatic nitrogens is 2. The summed E-state index contributed by atoms with van der Waals surface area (Å²) in [7, 11) is 0. The molecule has 0 saturated carbocycles. The molecule has 1 N–H and O–H groups in total. The second-order valence-electron chi connectivity index (χ2n) is 5.09. The Morgan fingerprint density at radius 2 is 2.12 bits per heavy atom. The molecule has 1 atom stereocenters. The van der Waals surface area contributed by atoms with Crippen LogP contribution >= 0.6 is 0 Å². The Morgan fingerprint density at radius 3 is 2.88 bits per heavy atom. The van der Waals surface area contributed by atoms with Gasteiger partial charge in [0.1, 0.15) is 5.82 Å². The Bertz CT molecular complexity index is 387. The van der Waals surface area contributed by atoms with Gasteiger partial charge in [0.15, 0.2) is 0 Å². The van der Waals surface area contributed by atoms with E-state index in [0.717, 1.165) is 37.7 Å². The molecule has 0 radical (unpaired) electrons. The maximum Gasteiger partial charge on any atom is 0.125 e. The van der Waals surface area contributed by atoms with Crippen molar-refractivity contribution in [3.05, 3.63) is 22.8 Å². The fourth-order valence-electron chi connectivity index (χ4n) is 2.67. The van der Waals surface area contributed by atoms with Gasteiger partial charge in [-0.05, 0) is 64.1 Å². The minimum absolute atomic E-state index is 0.763. The molecule has 0 saturated heterocycles. The first kappa shape index (κ1) is 12.5. The van der Waals surface area contributed by atoms with E-state index in [1.165, 1.54) is 29.8 Å². The summed E-state index contributed by atoms with van der Waals surface area (Å²) in [6.45, 7) is 8.59. The van der Waals surface area contributed by atoms with Gasteiger partial charge in [-0.3, -0.25) is 0 Å². The van der Waals surface area contributed by atoms with Crippen molar-refractivity contribution in [2.24, 2.45) is 5.92 Å². The van der Waals surface area contributed by atoms with Crippen LogP contribution in [0.3, 0.4) is 0 Å². The molecule has 2 rings (SSSR count). The van der Waals surface area contributed by atoms with E-state index in [1.54, 1.807) is 0 Å². The van der Waals surface area contributed by atoms with Gasteiger partial charge in [-0.15, -0.1) is 0 Å². The van der Waals surface area contributed by atoms with Crippen molar-refractivity contribution in [2.45, 2.75) is 46.5 Å². The van der Waals surface area contributed by atoms with E-state index in [9.17, 15) is 0 Å².